The first-order chi connectivity index (χ1) is 15.1. The van der Waals surface area contributed by atoms with Gasteiger partial charge in [0, 0.05) is 18.1 Å². The minimum Gasteiger partial charge on any atom is -0.491 e. The fraction of sp³-hybridized carbons (Fsp3) is 0.231. The van der Waals surface area contributed by atoms with E-state index in [0.29, 0.717) is 30.4 Å². The molecule has 0 saturated heterocycles. The van der Waals surface area contributed by atoms with E-state index in [9.17, 15) is 5.11 Å². The topological polar surface area (TPSA) is 45.8 Å². The molecule has 1 heterocycles. The molecule has 5 heteroatoms. The van der Waals surface area contributed by atoms with E-state index in [1.807, 2.05) is 43.3 Å². The monoisotopic (exact) mass is 435 g/mol. The molecule has 0 saturated carbocycles. The number of nitrogens with zero attached hydrogens (tertiary/aromatic N) is 1. The summed E-state index contributed by atoms with van der Waals surface area (Å²) < 4.78 is 11.4. The van der Waals surface area contributed by atoms with E-state index in [1.165, 1.54) is 16.3 Å². The maximum absolute atomic E-state index is 10.7. The molecule has 0 amide bonds. The second kappa shape index (κ2) is 10.0. The third-order valence-corrected chi connectivity index (χ3v) is 5.70. The zero-order valence-corrected chi connectivity index (χ0v) is 18.3. The van der Waals surface area contributed by atoms with Crippen LogP contribution in [-0.4, -0.2) is 29.3 Å². The van der Waals surface area contributed by atoms with Crippen molar-refractivity contribution < 1.29 is 14.3 Å². The Balaban J connectivity index is 1.46. The van der Waals surface area contributed by atoms with E-state index in [4.69, 9.17) is 20.8 Å². The second-order valence-corrected chi connectivity index (χ2v) is 8.17. The van der Waals surface area contributed by atoms with Crippen molar-refractivity contribution in [2.45, 2.75) is 26.1 Å². The lowest BCUT2D eigenvalue weighted by molar-refractivity contribution is 0.0606. The lowest BCUT2D eigenvalue weighted by atomic mass is 10.0. The quantitative estimate of drug-likeness (QED) is 0.359. The summed E-state index contributed by atoms with van der Waals surface area (Å²) in [5.74, 6) is 1.56. The van der Waals surface area contributed by atoms with Crippen molar-refractivity contribution in [2.24, 2.45) is 0 Å². The number of aliphatic hydroxyl groups excluding tert-OH is 1. The van der Waals surface area contributed by atoms with Crippen LogP contribution in [0.3, 0.4) is 0 Å². The second-order valence-electron chi connectivity index (χ2n) is 7.76. The third-order valence-electron chi connectivity index (χ3n) is 5.27. The van der Waals surface area contributed by atoms with Gasteiger partial charge in [0.2, 0.25) is 0 Å². The number of rotatable bonds is 9. The number of ether oxygens (including phenoxy) is 1. The molecule has 0 aliphatic carbocycles. The minimum atomic E-state index is -0.652. The molecule has 160 valence electrons. The van der Waals surface area contributed by atoms with Gasteiger partial charge in [-0.05, 0) is 59.2 Å². The summed E-state index contributed by atoms with van der Waals surface area (Å²) in [5, 5.41) is 13.8. The molecule has 1 unspecified atom stereocenters. The van der Waals surface area contributed by atoms with Gasteiger partial charge in [0.15, 0.2) is 0 Å². The third kappa shape index (κ3) is 5.67. The largest absolute Gasteiger partial charge is 0.491 e. The van der Waals surface area contributed by atoms with Gasteiger partial charge in [-0.3, -0.25) is 4.90 Å². The Morgan fingerprint density at radius 3 is 2.65 bits per heavy atom. The molecule has 4 nitrogen and oxygen atoms in total. The van der Waals surface area contributed by atoms with E-state index >= 15 is 0 Å². The van der Waals surface area contributed by atoms with Crippen molar-refractivity contribution in [2.75, 3.05) is 13.2 Å². The van der Waals surface area contributed by atoms with Crippen LogP contribution in [0.1, 0.15) is 16.9 Å². The van der Waals surface area contributed by atoms with Gasteiger partial charge in [0.1, 0.15) is 24.2 Å². The van der Waals surface area contributed by atoms with Gasteiger partial charge in [0.25, 0.3) is 0 Å². The van der Waals surface area contributed by atoms with Crippen LogP contribution in [-0.2, 0) is 13.1 Å². The molecule has 1 N–H and O–H groups in total. The molecule has 0 spiro atoms. The fourth-order valence-electron chi connectivity index (χ4n) is 3.73. The summed E-state index contributed by atoms with van der Waals surface area (Å²) in [7, 11) is 0. The average Bonchev–Trinajstić information content (AvgIpc) is 3.28. The Hall–Kier alpha value is -2.79. The lowest BCUT2D eigenvalue weighted by Gasteiger charge is -2.25. The molecular weight excluding hydrogens is 410 g/mol. The summed E-state index contributed by atoms with van der Waals surface area (Å²) in [5.41, 5.74) is 2.16. The molecule has 0 fully saturated rings. The zero-order chi connectivity index (χ0) is 21.6. The van der Waals surface area contributed by atoms with Crippen molar-refractivity contribution in [3.63, 3.8) is 0 Å². The molecule has 0 aliphatic heterocycles. The molecular formula is C26H26ClNO3. The molecule has 3 aromatic carbocycles. The minimum absolute atomic E-state index is 0.200. The van der Waals surface area contributed by atoms with Gasteiger partial charge in [-0.1, -0.05) is 54.1 Å². The number of aliphatic hydroxyl groups is 1. The highest BCUT2D eigenvalue weighted by molar-refractivity contribution is 6.31. The summed E-state index contributed by atoms with van der Waals surface area (Å²) in [4.78, 5) is 2.18. The van der Waals surface area contributed by atoms with E-state index in [1.54, 1.807) is 6.26 Å². The maximum Gasteiger partial charge on any atom is 0.119 e. The van der Waals surface area contributed by atoms with Crippen LogP contribution in [0.5, 0.6) is 5.75 Å². The summed E-state index contributed by atoms with van der Waals surface area (Å²) in [6, 6.07) is 24.0. The standard InChI is InChI=1S/C26H26ClNO3/c1-19-14-23(11-12-26(19)27)31-18-22(29)16-28(17-24-9-5-13-30-24)15-21-8-4-7-20-6-2-3-10-25(20)21/h2-14,22,29H,15-18H2,1H3. The van der Waals surface area contributed by atoms with Gasteiger partial charge in [0.05, 0.1) is 12.8 Å². The van der Waals surface area contributed by atoms with Crippen molar-refractivity contribution in [3.05, 3.63) is 101 Å². The Labute approximate surface area is 187 Å². The number of furan rings is 1. The SMILES string of the molecule is Cc1cc(OCC(O)CN(Cc2ccco2)Cc2cccc3ccccc23)ccc1Cl. The zero-order valence-electron chi connectivity index (χ0n) is 17.5. The fourth-order valence-corrected chi connectivity index (χ4v) is 3.85. The van der Waals surface area contributed by atoms with Gasteiger partial charge in [-0.2, -0.15) is 0 Å². The van der Waals surface area contributed by atoms with Gasteiger partial charge in [-0.15, -0.1) is 0 Å². The highest BCUT2D eigenvalue weighted by atomic mass is 35.5. The average molecular weight is 436 g/mol. The van der Waals surface area contributed by atoms with Crippen LogP contribution in [0.4, 0.5) is 0 Å². The van der Waals surface area contributed by atoms with Crippen molar-refractivity contribution >= 4 is 22.4 Å². The lowest BCUT2D eigenvalue weighted by Crippen LogP contribution is -2.35. The summed E-state index contributed by atoms with van der Waals surface area (Å²) >= 11 is 6.08. The van der Waals surface area contributed by atoms with Crippen LogP contribution in [0.2, 0.25) is 5.02 Å². The van der Waals surface area contributed by atoms with E-state index in [0.717, 1.165) is 11.3 Å². The van der Waals surface area contributed by atoms with Gasteiger partial charge >= 0.3 is 0 Å². The molecule has 4 aromatic rings. The van der Waals surface area contributed by atoms with Gasteiger partial charge < -0.3 is 14.3 Å². The predicted molar refractivity (Wildman–Crippen MR) is 124 cm³/mol. The molecule has 4 rings (SSSR count). The normalized spacial score (nSPS) is 12.4. The molecule has 0 bridgehead atoms. The van der Waals surface area contributed by atoms with E-state index in [2.05, 4.69) is 41.3 Å². The van der Waals surface area contributed by atoms with E-state index < -0.39 is 6.10 Å². The first-order valence-electron chi connectivity index (χ1n) is 10.4. The first-order valence-corrected chi connectivity index (χ1v) is 10.7. The Morgan fingerprint density at radius 2 is 1.84 bits per heavy atom. The Bertz CT molecular complexity index is 1120. The number of hydrogen-bond donors (Lipinski definition) is 1. The summed E-state index contributed by atoms with van der Waals surface area (Å²) in [6.45, 7) is 3.88. The summed E-state index contributed by atoms with van der Waals surface area (Å²) in [6.07, 6.45) is 1.02. The van der Waals surface area contributed by atoms with Crippen LogP contribution in [0.25, 0.3) is 10.8 Å². The van der Waals surface area contributed by atoms with Crippen LogP contribution in [0, 0.1) is 6.92 Å². The Morgan fingerprint density at radius 1 is 1.00 bits per heavy atom. The number of fused-ring (bicyclic) bond motifs is 1. The van der Waals surface area contributed by atoms with Crippen molar-refractivity contribution in [1.82, 2.24) is 4.90 Å². The van der Waals surface area contributed by atoms with Crippen LogP contribution >= 0.6 is 11.6 Å². The molecule has 1 atom stereocenters. The number of halogens is 1. The van der Waals surface area contributed by atoms with Crippen molar-refractivity contribution in [3.8, 4) is 5.75 Å². The van der Waals surface area contributed by atoms with Gasteiger partial charge in [-0.25, -0.2) is 0 Å². The van der Waals surface area contributed by atoms with E-state index in [-0.39, 0.29) is 6.61 Å². The highest BCUT2D eigenvalue weighted by Crippen LogP contribution is 2.23. The number of aryl methyl sites for hydroxylation is 1. The predicted octanol–water partition coefficient (Wildman–Crippen LogP) is 5.84. The molecule has 1 aromatic heterocycles. The van der Waals surface area contributed by atoms with Crippen LogP contribution < -0.4 is 4.74 Å². The smallest absolute Gasteiger partial charge is 0.119 e. The molecule has 0 aliphatic rings. The van der Waals surface area contributed by atoms with Crippen molar-refractivity contribution in [1.29, 1.82) is 0 Å². The molecule has 0 radical (unpaired) electrons. The van der Waals surface area contributed by atoms with Crippen LogP contribution in [0.15, 0.2) is 83.5 Å². The maximum atomic E-state index is 10.7. The number of hydrogen-bond acceptors (Lipinski definition) is 4. The highest BCUT2D eigenvalue weighted by Gasteiger charge is 2.16. The first kappa shape index (κ1) is 21.4. The molecule has 31 heavy (non-hydrogen) atoms. The Kier molecular flexibility index (Phi) is 6.92. The number of benzene rings is 3.